The summed E-state index contributed by atoms with van der Waals surface area (Å²) in [4.78, 5) is 4.72. The van der Waals surface area contributed by atoms with Crippen molar-refractivity contribution in [2.45, 2.75) is 18.7 Å². The first-order valence-corrected chi connectivity index (χ1v) is 11.7. The number of para-hydroxylation sites is 1. The number of piperazine rings is 1. The summed E-state index contributed by atoms with van der Waals surface area (Å²) < 4.78 is 28.7. The van der Waals surface area contributed by atoms with Crippen LogP contribution in [-0.2, 0) is 10.0 Å². The SMILES string of the molecule is Cc1cccc(C)c1N1CCN(S(=O)(=O)c2cccc3c(N(C)C)cccc23)CC1. The number of hydrogen-bond donors (Lipinski definition) is 0. The topological polar surface area (TPSA) is 43.9 Å². The maximum Gasteiger partial charge on any atom is 0.243 e. The highest BCUT2D eigenvalue weighted by Gasteiger charge is 2.30. The summed E-state index contributed by atoms with van der Waals surface area (Å²) in [7, 11) is 0.381. The van der Waals surface area contributed by atoms with E-state index in [1.807, 2.05) is 49.3 Å². The van der Waals surface area contributed by atoms with Crippen molar-refractivity contribution < 1.29 is 8.42 Å². The second-order valence-corrected chi connectivity index (χ2v) is 10.1. The van der Waals surface area contributed by atoms with Gasteiger partial charge in [-0.3, -0.25) is 0 Å². The van der Waals surface area contributed by atoms with E-state index >= 15 is 0 Å². The zero-order valence-corrected chi connectivity index (χ0v) is 18.9. The highest BCUT2D eigenvalue weighted by molar-refractivity contribution is 7.89. The summed E-state index contributed by atoms with van der Waals surface area (Å²) in [5, 5.41) is 1.73. The number of benzene rings is 3. The minimum absolute atomic E-state index is 0.393. The van der Waals surface area contributed by atoms with Crippen LogP contribution in [0, 0.1) is 13.8 Å². The van der Waals surface area contributed by atoms with Gasteiger partial charge in [-0.15, -0.1) is 0 Å². The zero-order valence-electron chi connectivity index (χ0n) is 18.1. The molecule has 5 nitrogen and oxygen atoms in total. The molecule has 0 amide bonds. The molecule has 6 heteroatoms. The van der Waals surface area contributed by atoms with Crippen LogP contribution in [0.3, 0.4) is 0 Å². The van der Waals surface area contributed by atoms with Crippen molar-refractivity contribution in [1.29, 1.82) is 0 Å². The fraction of sp³-hybridized carbons (Fsp3) is 0.333. The molecule has 1 aliphatic rings. The van der Waals surface area contributed by atoms with Crippen LogP contribution in [0.5, 0.6) is 0 Å². The van der Waals surface area contributed by atoms with Crippen LogP contribution in [0.15, 0.2) is 59.5 Å². The van der Waals surface area contributed by atoms with Gasteiger partial charge in [-0.1, -0.05) is 42.5 Å². The van der Waals surface area contributed by atoms with E-state index in [-0.39, 0.29) is 0 Å². The Kier molecular flexibility index (Phi) is 5.47. The van der Waals surface area contributed by atoms with Crippen LogP contribution in [-0.4, -0.2) is 53.0 Å². The van der Waals surface area contributed by atoms with Gasteiger partial charge in [0.05, 0.1) is 4.90 Å². The van der Waals surface area contributed by atoms with Crippen LogP contribution < -0.4 is 9.80 Å². The molecule has 1 fully saturated rings. The number of aryl methyl sites for hydroxylation is 2. The number of hydrogen-bond acceptors (Lipinski definition) is 4. The monoisotopic (exact) mass is 423 g/mol. The van der Waals surface area contributed by atoms with Crippen molar-refractivity contribution >= 4 is 32.2 Å². The van der Waals surface area contributed by atoms with Crippen LogP contribution in [0.1, 0.15) is 11.1 Å². The molecule has 1 heterocycles. The predicted octanol–water partition coefficient (Wildman–Crippen LogP) is 4.03. The molecule has 0 spiro atoms. The van der Waals surface area contributed by atoms with Crippen LogP contribution in [0.4, 0.5) is 11.4 Å². The van der Waals surface area contributed by atoms with Crippen molar-refractivity contribution in [3.8, 4) is 0 Å². The van der Waals surface area contributed by atoms with Gasteiger partial charge >= 0.3 is 0 Å². The molecule has 1 aliphatic heterocycles. The fourth-order valence-electron chi connectivity index (χ4n) is 4.48. The van der Waals surface area contributed by atoms with Crippen LogP contribution in [0.25, 0.3) is 10.8 Å². The first-order valence-electron chi connectivity index (χ1n) is 10.3. The quantitative estimate of drug-likeness (QED) is 0.635. The molecule has 0 aliphatic carbocycles. The molecule has 158 valence electrons. The Balaban J connectivity index is 1.64. The minimum Gasteiger partial charge on any atom is -0.377 e. The molecular weight excluding hydrogens is 394 g/mol. The molecule has 0 N–H and O–H groups in total. The van der Waals surface area contributed by atoms with Crippen molar-refractivity contribution in [2.24, 2.45) is 0 Å². The van der Waals surface area contributed by atoms with Gasteiger partial charge in [0.15, 0.2) is 0 Å². The number of anilines is 2. The summed E-state index contributed by atoms with van der Waals surface area (Å²) in [6.45, 7) is 6.59. The highest BCUT2D eigenvalue weighted by atomic mass is 32.2. The van der Waals surface area contributed by atoms with E-state index in [4.69, 9.17) is 0 Å². The van der Waals surface area contributed by atoms with Crippen molar-refractivity contribution in [3.05, 3.63) is 65.7 Å². The summed E-state index contributed by atoms with van der Waals surface area (Å²) in [5.74, 6) is 0. The number of nitrogens with zero attached hydrogens (tertiary/aromatic N) is 3. The van der Waals surface area contributed by atoms with E-state index in [0.29, 0.717) is 31.1 Å². The second-order valence-electron chi connectivity index (χ2n) is 8.15. The fourth-order valence-corrected chi connectivity index (χ4v) is 6.10. The third-order valence-corrected chi connectivity index (χ3v) is 7.91. The van der Waals surface area contributed by atoms with Gasteiger partial charge in [0.1, 0.15) is 0 Å². The van der Waals surface area contributed by atoms with Crippen LogP contribution in [0.2, 0.25) is 0 Å². The minimum atomic E-state index is -3.57. The molecule has 3 aromatic carbocycles. The third kappa shape index (κ3) is 3.55. The largest absolute Gasteiger partial charge is 0.377 e. The normalized spacial score (nSPS) is 15.5. The molecule has 0 radical (unpaired) electrons. The molecule has 0 atom stereocenters. The lowest BCUT2D eigenvalue weighted by molar-refractivity contribution is 0.385. The van der Waals surface area contributed by atoms with Gasteiger partial charge < -0.3 is 9.80 Å². The number of fused-ring (bicyclic) bond motifs is 1. The summed E-state index contributed by atoms with van der Waals surface area (Å²) in [6.07, 6.45) is 0. The maximum absolute atomic E-state index is 13.6. The Hall–Kier alpha value is -2.57. The second kappa shape index (κ2) is 7.93. The Bertz CT molecular complexity index is 1160. The smallest absolute Gasteiger partial charge is 0.243 e. The summed E-state index contributed by atoms with van der Waals surface area (Å²) in [5.41, 5.74) is 4.72. The Morgan fingerprint density at radius 3 is 1.97 bits per heavy atom. The molecule has 0 saturated carbocycles. The predicted molar refractivity (Wildman–Crippen MR) is 125 cm³/mol. The Morgan fingerprint density at radius 2 is 1.33 bits per heavy atom. The van der Waals surface area contributed by atoms with Gasteiger partial charge in [-0.05, 0) is 37.1 Å². The summed E-state index contributed by atoms with van der Waals surface area (Å²) in [6, 6.07) is 17.7. The molecule has 0 unspecified atom stereocenters. The van der Waals surface area contributed by atoms with Gasteiger partial charge in [-0.2, -0.15) is 4.31 Å². The average Bonchev–Trinajstić information content (AvgIpc) is 2.73. The lowest BCUT2D eigenvalue weighted by Crippen LogP contribution is -2.49. The lowest BCUT2D eigenvalue weighted by atomic mass is 10.1. The number of rotatable bonds is 4. The Morgan fingerprint density at radius 1 is 0.767 bits per heavy atom. The third-order valence-electron chi connectivity index (χ3n) is 5.95. The molecule has 1 saturated heterocycles. The Labute approximate surface area is 179 Å². The van der Waals surface area contributed by atoms with E-state index in [1.165, 1.54) is 16.8 Å². The maximum atomic E-state index is 13.6. The van der Waals surface area contributed by atoms with Gasteiger partial charge in [0.2, 0.25) is 10.0 Å². The molecule has 0 bridgehead atoms. The van der Waals surface area contributed by atoms with E-state index < -0.39 is 10.0 Å². The van der Waals surface area contributed by atoms with Gasteiger partial charge in [0, 0.05) is 62.4 Å². The van der Waals surface area contributed by atoms with E-state index in [2.05, 4.69) is 36.9 Å². The molecule has 0 aromatic heterocycles. The van der Waals surface area contributed by atoms with E-state index in [1.54, 1.807) is 10.4 Å². The van der Waals surface area contributed by atoms with Crippen LogP contribution >= 0.6 is 0 Å². The average molecular weight is 424 g/mol. The molecule has 3 aromatic rings. The first kappa shape index (κ1) is 20.7. The van der Waals surface area contributed by atoms with E-state index in [0.717, 1.165) is 16.5 Å². The molecule has 4 rings (SSSR count). The van der Waals surface area contributed by atoms with Crippen molar-refractivity contribution in [3.63, 3.8) is 0 Å². The lowest BCUT2D eigenvalue weighted by Gasteiger charge is -2.37. The zero-order chi connectivity index (χ0) is 21.5. The molecule has 30 heavy (non-hydrogen) atoms. The number of sulfonamides is 1. The van der Waals surface area contributed by atoms with Crippen molar-refractivity contribution in [1.82, 2.24) is 4.31 Å². The van der Waals surface area contributed by atoms with E-state index in [9.17, 15) is 8.42 Å². The molecular formula is C24H29N3O2S. The highest BCUT2D eigenvalue weighted by Crippen LogP contribution is 2.32. The standard InChI is InChI=1S/C24H29N3O2S/c1-18-8-5-9-19(2)24(18)26-14-16-27(17-15-26)30(28,29)23-13-7-10-20-21(23)11-6-12-22(20)25(3)4/h5-13H,14-17H2,1-4H3. The first-order chi connectivity index (χ1) is 14.3. The van der Waals surface area contributed by atoms with Crippen molar-refractivity contribution in [2.75, 3.05) is 50.1 Å². The van der Waals surface area contributed by atoms with Gasteiger partial charge in [-0.25, -0.2) is 8.42 Å². The van der Waals surface area contributed by atoms with Gasteiger partial charge in [0.25, 0.3) is 0 Å². The summed E-state index contributed by atoms with van der Waals surface area (Å²) >= 11 is 0.